The Kier molecular flexibility index (Phi) is 2.92. The summed E-state index contributed by atoms with van der Waals surface area (Å²) in [4.78, 5) is 0. The third kappa shape index (κ3) is 1.91. The van der Waals surface area contributed by atoms with Crippen molar-refractivity contribution in [1.82, 2.24) is 5.32 Å². The summed E-state index contributed by atoms with van der Waals surface area (Å²) in [7, 11) is 0. The molecule has 0 spiro atoms. The maximum Gasteiger partial charge on any atom is 0.123 e. The summed E-state index contributed by atoms with van der Waals surface area (Å²) in [5.41, 5.74) is 0.883. The molecule has 0 radical (unpaired) electrons. The lowest BCUT2D eigenvalue weighted by atomic mass is 9.79. The van der Waals surface area contributed by atoms with E-state index in [1.54, 1.807) is 6.07 Å². The molecule has 108 valence electrons. The van der Waals surface area contributed by atoms with Crippen molar-refractivity contribution in [3.8, 4) is 11.5 Å². The second-order valence-electron chi connectivity index (χ2n) is 6.95. The lowest BCUT2D eigenvalue weighted by molar-refractivity contribution is 0.207. The molecule has 1 aromatic rings. The topological polar surface area (TPSA) is 52.5 Å². The number of nitrogens with one attached hydrogen (secondary N) is 1. The zero-order valence-electron chi connectivity index (χ0n) is 11.8. The smallest absolute Gasteiger partial charge is 0.123 e. The Bertz CT molecular complexity index is 516. The second-order valence-corrected chi connectivity index (χ2v) is 6.95. The van der Waals surface area contributed by atoms with Gasteiger partial charge < -0.3 is 15.5 Å². The molecule has 2 bridgehead atoms. The van der Waals surface area contributed by atoms with Gasteiger partial charge in [-0.2, -0.15) is 0 Å². The summed E-state index contributed by atoms with van der Waals surface area (Å²) >= 11 is 0. The van der Waals surface area contributed by atoms with Crippen LogP contribution in [0.5, 0.6) is 11.5 Å². The van der Waals surface area contributed by atoms with E-state index < -0.39 is 0 Å². The molecule has 3 heteroatoms. The summed E-state index contributed by atoms with van der Waals surface area (Å²) in [6.07, 6.45) is 7.10. The van der Waals surface area contributed by atoms with Crippen LogP contribution in [0.3, 0.4) is 0 Å². The van der Waals surface area contributed by atoms with Gasteiger partial charge in [-0.25, -0.2) is 0 Å². The van der Waals surface area contributed by atoms with E-state index in [9.17, 15) is 10.2 Å². The van der Waals surface area contributed by atoms with Crippen LogP contribution in [0.1, 0.15) is 37.7 Å². The number of hydrogen-bond acceptors (Lipinski definition) is 3. The number of rotatable bonds is 3. The van der Waals surface area contributed by atoms with E-state index in [4.69, 9.17) is 0 Å². The first-order chi connectivity index (χ1) is 9.72. The maximum absolute atomic E-state index is 9.85. The first-order valence-electron chi connectivity index (χ1n) is 7.96. The molecule has 3 saturated carbocycles. The monoisotopic (exact) mass is 273 g/mol. The van der Waals surface area contributed by atoms with Gasteiger partial charge in [0.2, 0.25) is 0 Å². The van der Waals surface area contributed by atoms with E-state index in [1.807, 2.05) is 6.07 Å². The average Bonchev–Trinajstić information content (AvgIpc) is 3.10. The second kappa shape index (κ2) is 4.66. The van der Waals surface area contributed by atoms with Gasteiger partial charge in [-0.3, -0.25) is 0 Å². The Labute approximate surface area is 120 Å². The Morgan fingerprint density at radius 3 is 2.75 bits per heavy atom. The van der Waals surface area contributed by atoms with Gasteiger partial charge in [0.1, 0.15) is 11.5 Å². The molecule has 3 nitrogen and oxygen atoms in total. The fourth-order valence-corrected chi connectivity index (χ4v) is 5.25. The largest absolute Gasteiger partial charge is 0.508 e. The molecule has 4 rings (SSSR count). The minimum Gasteiger partial charge on any atom is -0.508 e. The predicted octanol–water partition coefficient (Wildman–Crippen LogP) is 3.01. The van der Waals surface area contributed by atoms with Crippen LogP contribution in [0.25, 0.3) is 0 Å². The van der Waals surface area contributed by atoms with Crippen LogP contribution in [0.4, 0.5) is 0 Å². The predicted molar refractivity (Wildman–Crippen MR) is 77.4 cm³/mol. The van der Waals surface area contributed by atoms with Crippen molar-refractivity contribution in [3.63, 3.8) is 0 Å². The van der Waals surface area contributed by atoms with Crippen molar-refractivity contribution in [2.24, 2.45) is 23.7 Å². The van der Waals surface area contributed by atoms with E-state index in [1.165, 1.54) is 38.2 Å². The summed E-state index contributed by atoms with van der Waals surface area (Å²) in [6, 6.07) is 5.51. The van der Waals surface area contributed by atoms with Gasteiger partial charge in [0.15, 0.2) is 0 Å². The normalized spacial score (nSPS) is 38.3. The van der Waals surface area contributed by atoms with E-state index in [-0.39, 0.29) is 11.5 Å². The molecule has 0 saturated heterocycles. The van der Waals surface area contributed by atoms with Gasteiger partial charge in [-0.05, 0) is 55.4 Å². The minimum atomic E-state index is 0.125. The maximum atomic E-state index is 9.85. The Hall–Kier alpha value is -1.22. The van der Waals surface area contributed by atoms with Gasteiger partial charge in [-0.15, -0.1) is 0 Å². The fourth-order valence-electron chi connectivity index (χ4n) is 5.25. The van der Waals surface area contributed by atoms with Crippen molar-refractivity contribution in [2.45, 2.75) is 44.7 Å². The SMILES string of the molecule is Oc1ccc(CNC2CC3CC2C2CCCC32)c(O)c1. The number of phenols is 2. The fraction of sp³-hybridized carbons (Fsp3) is 0.647. The number of hydrogen-bond donors (Lipinski definition) is 3. The lowest BCUT2D eigenvalue weighted by Gasteiger charge is -2.32. The van der Waals surface area contributed by atoms with Crippen LogP contribution in [0, 0.1) is 23.7 Å². The molecule has 0 amide bonds. The first kappa shape index (κ1) is 12.5. The van der Waals surface area contributed by atoms with Crippen LogP contribution >= 0.6 is 0 Å². The summed E-state index contributed by atoms with van der Waals surface area (Å²) in [5.74, 6) is 4.14. The molecule has 3 aliphatic rings. The summed E-state index contributed by atoms with van der Waals surface area (Å²) in [5, 5.41) is 22.8. The molecule has 5 atom stereocenters. The van der Waals surface area contributed by atoms with Crippen molar-refractivity contribution in [1.29, 1.82) is 0 Å². The van der Waals surface area contributed by atoms with E-state index in [2.05, 4.69) is 5.32 Å². The Balaban J connectivity index is 1.41. The highest BCUT2D eigenvalue weighted by Crippen LogP contribution is 2.58. The van der Waals surface area contributed by atoms with Gasteiger partial charge in [-0.1, -0.05) is 12.5 Å². The van der Waals surface area contributed by atoms with E-state index in [0.717, 1.165) is 29.2 Å². The molecule has 0 heterocycles. The third-order valence-electron chi connectivity index (χ3n) is 6.05. The molecule has 5 unspecified atom stereocenters. The quantitative estimate of drug-likeness (QED) is 0.793. The number of fused-ring (bicyclic) bond motifs is 5. The molecular formula is C17H23NO2. The molecule has 3 N–H and O–H groups in total. The van der Waals surface area contributed by atoms with Crippen molar-refractivity contribution < 1.29 is 10.2 Å². The lowest BCUT2D eigenvalue weighted by Crippen LogP contribution is -2.38. The van der Waals surface area contributed by atoms with Crippen LogP contribution in [-0.4, -0.2) is 16.3 Å². The minimum absolute atomic E-state index is 0.125. The van der Waals surface area contributed by atoms with Gasteiger partial charge in [0.25, 0.3) is 0 Å². The number of phenolic OH excluding ortho intramolecular Hbond substituents is 2. The molecule has 3 fully saturated rings. The van der Waals surface area contributed by atoms with Gasteiger partial charge >= 0.3 is 0 Å². The molecular weight excluding hydrogens is 250 g/mol. The van der Waals surface area contributed by atoms with Crippen LogP contribution in [0.2, 0.25) is 0 Å². The number of aromatic hydroxyl groups is 2. The Morgan fingerprint density at radius 1 is 1.05 bits per heavy atom. The van der Waals surface area contributed by atoms with Crippen LogP contribution < -0.4 is 5.32 Å². The van der Waals surface area contributed by atoms with Crippen LogP contribution in [-0.2, 0) is 6.54 Å². The van der Waals surface area contributed by atoms with Crippen LogP contribution in [0.15, 0.2) is 18.2 Å². The first-order valence-corrected chi connectivity index (χ1v) is 7.96. The number of benzene rings is 1. The highest BCUT2D eigenvalue weighted by Gasteiger charge is 2.53. The molecule has 0 aliphatic heterocycles. The van der Waals surface area contributed by atoms with Crippen molar-refractivity contribution in [2.75, 3.05) is 0 Å². The van der Waals surface area contributed by atoms with Crippen molar-refractivity contribution >= 4 is 0 Å². The molecule has 20 heavy (non-hydrogen) atoms. The average molecular weight is 273 g/mol. The Morgan fingerprint density at radius 2 is 1.90 bits per heavy atom. The zero-order chi connectivity index (χ0) is 13.7. The summed E-state index contributed by atoms with van der Waals surface area (Å²) in [6.45, 7) is 0.706. The highest BCUT2D eigenvalue weighted by molar-refractivity contribution is 5.38. The third-order valence-corrected chi connectivity index (χ3v) is 6.05. The zero-order valence-corrected chi connectivity index (χ0v) is 11.8. The summed E-state index contributed by atoms with van der Waals surface area (Å²) < 4.78 is 0. The molecule has 0 aromatic heterocycles. The van der Waals surface area contributed by atoms with Crippen molar-refractivity contribution in [3.05, 3.63) is 23.8 Å². The highest BCUT2D eigenvalue weighted by atomic mass is 16.3. The molecule has 1 aromatic carbocycles. The van der Waals surface area contributed by atoms with E-state index in [0.29, 0.717) is 12.6 Å². The standard InChI is InChI=1S/C17H23NO2/c19-12-5-4-10(17(20)8-12)9-18-16-7-11-6-15(16)14-3-1-2-13(11)14/h4-5,8,11,13-16,18-20H,1-3,6-7,9H2. The molecule has 3 aliphatic carbocycles. The van der Waals surface area contributed by atoms with E-state index >= 15 is 0 Å². The van der Waals surface area contributed by atoms with Gasteiger partial charge in [0, 0.05) is 24.2 Å². The van der Waals surface area contributed by atoms with Gasteiger partial charge in [0.05, 0.1) is 0 Å².